The smallest absolute Gasteiger partial charge is 0.251 e. The van der Waals surface area contributed by atoms with Crippen molar-refractivity contribution in [2.45, 2.75) is 12.5 Å². The lowest BCUT2D eigenvalue weighted by Crippen LogP contribution is -2.37. The molecule has 1 unspecified atom stereocenters. The lowest BCUT2D eigenvalue weighted by atomic mass is 10.2. The SMILES string of the molecule is O=C(NC1CCN(c2ccnc3ccnn23)C1)c1ccc(Cl)cc1. The summed E-state index contributed by atoms with van der Waals surface area (Å²) in [5, 5.41) is 8.03. The van der Waals surface area contributed by atoms with Crippen molar-refractivity contribution in [2.24, 2.45) is 0 Å². The molecule has 0 aliphatic carbocycles. The number of rotatable bonds is 3. The second kappa shape index (κ2) is 6.13. The van der Waals surface area contributed by atoms with Crippen molar-refractivity contribution in [3.63, 3.8) is 0 Å². The van der Waals surface area contributed by atoms with Gasteiger partial charge in [0.1, 0.15) is 5.82 Å². The topological polar surface area (TPSA) is 62.5 Å². The summed E-state index contributed by atoms with van der Waals surface area (Å²) in [6.07, 6.45) is 4.41. The standard InChI is InChI=1S/C17H16ClN5O/c18-13-3-1-12(2-4-13)17(24)21-14-7-10-22(11-14)16-6-8-19-15-5-9-20-23(15)16/h1-6,8-9,14H,7,10-11H2,(H,21,24). The highest BCUT2D eigenvalue weighted by atomic mass is 35.5. The van der Waals surface area contributed by atoms with E-state index in [1.165, 1.54) is 0 Å². The van der Waals surface area contributed by atoms with Crippen LogP contribution in [0.1, 0.15) is 16.8 Å². The highest BCUT2D eigenvalue weighted by Crippen LogP contribution is 2.20. The maximum Gasteiger partial charge on any atom is 0.251 e. The summed E-state index contributed by atoms with van der Waals surface area (Å²) >= 11 is 5.86. The first-order chi connectivity index (χ1) is 11.7. The fourth-order valence-corrected chi connectivity index (χ4v) is 3.14. The number of carbonyl (C=O) groups is 1. The molecule has 1 atom stereocenters. The van der Waals surface area contributed by atoms with Crippen LogP contribution in [-0.2, 0) is 0 Å². The molecule has 0 bridgehead atoms. The Hall–Kier alpha value is -2.60. The summed E-state index contributed by atoms with van der Waals surface area (Å²) in [7, 11) is 0. The van der Waals surface area contributed by atoms with Gasteiger partial charge in [-0.1, -0.05) is 11.6 Å². The fraction of sp³-hybridized carbons (Fsp3) is 0.235. The van der Waals surface area contributed by atoms with Gasteiger partial charge in [0.05, 0.1) is 6.20 Å². The summed E-state index contributed by atoms with van der Waals surface area (Å²) in [5.74, 6) is 0.922. The zero-order valence-corrected chi connectivity index (χ0v) is 13.6. The Bertz CT molecular complexity index is 876. The largest absolute Gasteiger partial charge is 0.354 e. The highest BCUT2D eigenvalue weighted by molar-refractivity contribution is 6.30. The first kappa shape index (κ1) is 15.0. The molecule has 4 rings (SSSR count). The third-order valence-corrected chi connectivity index (χ3v) is 4.48. The van der Waals surface area contributed by atoms with E-state index < -0.39 is 0 Å². The molecule has 3 aromatic rings. The Kier molecular flexibility index (Phi) is 3.82. The van der Waals surface area contributed by atoms with Crippen LogP contribution in [-0.4, -0.2) is 39.6 Å². The van der Waals surface area contributed by atoms with E-state index in [1.54, 1.807) is 36.7 Å². The summed E-state index contributed by atoms with van der Waals surface area (Å²) in [4.78, 5) is 18.8. The molecule has 3 heterocycles. The molecule has 0 saturated carbocycles. The van der Waals surface area contributed by atoms with Gasteiger partial charge >= 0.3 is 0 Å². The van der Waals surface area contributed by atoms with E-state index >= 15 is 0 Å². The fourth-order valence-electron chi connectivity index (χ4n) is 3.02. The van der Waals surface area contributed by atoms with Crippen molar-refractivity contribution >= 4 is 29.0 Å². The molecule has 1 aliphatic rings. The van der Waals surface area contributed by atoms with Gasteiger partial charge < -0.3 is 10.2 Å². The van der Waals surface area contributed by atoms with Crippen LogP contribution in [0.3, 0.4) is 0 Å². The van der Waals surface area contributed by atoms with Crippen molar-refractivity contribution in [3.8, 4) is 0 Å². The number of amides is 1. The molecule has 1 aromatic carbocycles. The minimum absolute atomic E-state index is 0.0718. The molecule has 1 N–H and O–H groups in total. The first-order valence-corrected chi connectivity index (χ1v) is 8.18. The van der Waals surface area contributed by atoms with Gasteiger partial charge in [0.2, 0.25) is 0 Å². The predicted octanol–water partition coefficient (Wildman–Crippen LogP) is 2.39. The van der Waals surface area contributed by atoms with Crippen molar-refractivity contribution < 1.29 is 4.79 Å². The molecule has 1 fully saturated rings. The third-order valence-electron chi connectivity index (χ3n) is 4.22. The Morgan fingerprint density at radius 3 is 2.83 bits per heavy atom. The zero-order valence-electron chi connectivity index (χ0n) is 12.9. The van der Waals surface area contributed by atoms with Crippen molar-refractivity contribution in [1.29, 1.82) is 0 Å². The molecule has 0 spiro atoms. The minimum atomic E-state index is -0.0718. The summed E-state index contributed by atoms with van der Waals surface area (Å²) < 4.78 is 1.82. The maximum atomic E-state index is 12.3. The van der Waals surface area contributed by atoms with E-state index in [0.29, 0.717) is 10.6 Å². The quantitative estimate of drug-likeness (QED) is 0.794. The normalized spacial score (nSPS) is 17.4. The monoisotopic (exact) mass is 341 g/mol. The van der Waals surface area contributed by atoms with Crippen molar-refractivity contribution in [1.82, 2.24) is 19.9 Å². The van der Waals surface area contributed by atoms with Crippen LogP contribution < -0.4 is 10.2 Å². The minimum Gasteiger partial charge on any atom is -0.354 e. The van der Waals surface area contributed by atoms with E-state index in [9.17, 15) is 4.79 Å². The Balaban J connectivity index is 1.46. The Morgan fingerprint density at radius 2 is 2.00 bits per heavy atom. The molecule has 1 aliphatic heterocycles. The highest BCUT2D eigenvalue weighted by Gasteiger charge is 2.26. The Labute approximate surface area is 144 Å². The van der Waals surface area contributed by atoms with E-state index in [-0.39, 0.29) is 11.9 Å². The van der Waals surface area contributed by atoms with Gasteiger partial charge in [-0.05, 0) is 36.8 Å². The van der Waals surface area contributed by atoms with Crippen LogP contribution >= 0.6 is 11.6 Å². The molecule has 1 saturated heterocycles. The van der Waals surface area contributed by atoms with Crippen LogP contribution in [0.2, 0.25) is 5.02 Å². The van der Waals surface area contributed by atoms with Crippen LogP contribution in [0.4, 0.5) is 5.82 Å². The number of aromatic nitrogens is 3. The molecule has 6 nitrogen and oxygen atoms in total. The van der Waals surface area contributed by atoms with E-state index in [2.05, 4.69) is 20.3 Å². The number of fused-ring (bicyclic) bond motifs is 1. The van der Waals surface area contributed by atoms with Gasteiger partial charge in [0, 0.05) is 42.0 Å². The summed E-state index contributed by atoms with van der Waals surface area (Å²) in [5.41, 5.74) is 1.44. The molecule has 1 amide bonds. The molecular weight excluding hydrogens is 326 g/mol. The number of anilines is 1. The molecule has 0 radical (unpaired) electrons. The van der Waals surface area contributed by atoms with Gasteiger partial charge in [0.15, 0.2) is 5.65 Å². The van der Waals surface area contributed by atoms with Crippen LogP contribution in [0.5, 0.6) is 0 Å². The molecule has 24 heavy (non-hydrogen) atoms. The van der Waals surface area contributed by atoms with Gasteiger partial charge in [-0.25, -0.2) is 4.98 Å². The maximum absolute atomic E-state index is 12.3. The van der Waals surface area contributed by atoms with E-state index in [4.69, 9.17) is 11.6 Å². The van der Waals surface area contributed by atoms with Crippen LogP contribution in [0.15, 0.2) is 48.8 Å². The van der Waals surface area contributed by atoms with Gasteiger partial charge in [0.25, 0.3) is 5.91 Å². The summed E-state index contributed by atoms with van der Waals surface area (Å²) in [6.45, 7) is 1.61. The second-order valence-corrected chi connectivity index (χ2v) is 6.25. The molecular formula is C17H16ClN5O. The number of nitrogens with zero attached hydrogens (tertiary/aromatic N) is 4. The second-order valence-electron chi connectivity index (χ2n) is 5.82. The van der Waals surface area contributed by atoms with Crippen LogP contribution in [0, 0.1) is 0 Å². The lowest BCUT2D eigenvalue weighted by Gasteiger charge is -2.19. The lowest BCUT2D eigenvalue weighted by molar-refractivity contribution is 0.0940. The average molecular weight is 342 g/mol. The Morgan fingerprint density at radius 1 is 1.17 bits per heavy atom. The molecule has 7 heteroatoms. The number of nitrogens with one attached hydrogen (secondary N) is 1. The number of halogens is 1. The average Bonchev–Trinajstić information content (AvgIpc) is 3.24. The van der Waals surface area contributed by atoms with Crippen molar-refractivity contribution in [3.05, 3.63) is 59.4 Å². The number of benzene rings is 1. The van der Waals surface area contributed by atoms with E-state index in [1.807, 2.05) is 16.6 Å². The molecule has 2 aromatic heterocycles. The third kappa shape index (κ3) is 2.80. The number of hydrogen-bond donors (Lipinski definition) is 1. The van der Waals surface area contributed by atoms with Gasteiger partial charge in [-0.15, -0.1) is 0 Å². The van der Waals surface area contributed by atoms with Crippen LogP contribution in [0.25, 0.3) is 5.65 Å². The number of hydrogen-bond acceptors (Lipinski definition) is 4. The van der Waals surface area contributed by atoms with Crippen molar-refractivity contribution in [2.75, 3.05) is 18.0 Å². The number of carbonyl (C=O) groups excluding carboxylic acids is 1. The van der Waals surface area contributed by atoms with Gasteiger partial charge in [-0.3, -0.25) is 4.79 Å². The predicted molar refractivity (Wildman–Crippen MR) is 92.5 cm³/mol. The first-order valence-electron chi connectivity index (χ1n) is 7.81. The van der Waals surface area contributed by atoms with E-state index in [0.717, 1.165) is 31.0 Å². The summed E-state index contributed by atoms with van der Waals surface area (Å²) in [6, 6.07) is 10.8. The molecule has 122 valence electrons. The zero-order chi connectivity index (χ0) is 16.5. The van der Waals surface area contributed by atoms with Gasteiger partial charge in [-0.2, -0.15) is 9.61 Å².